The lowest BCUT2D eigenvalue weighted by molar-refractivity contribution is 0.174. The zero-order valence-corrected chi connectivity index (χ0v) is 10.6. The number of benzene rings is 1. The molecule has 1 heterocycles. The molecular weight excluding hydrogens is 232 g/mol. The molecule has 5 nitrogen and oxygen atoms in total. The number of nitrogens with two attached hydrogens (primary N) is 1. The summed E-state index contributed by atoms with van der Waals surface area (Å²) >= 11 is 0. The Morgan fingerprint density at radius 2 is 2.17 bits per heavy atom. The van der Waals surface area contributed by atoms with E-state index in [2.05, 4.69) is 4.90 Å². The van der Waals surface area contributed by atoms with Crippen LogP contribution in [0.3, 0.4) is 0 Å². The van der Waals surface area contributed by atoms with Gasteiger partial charge in [-0.2, -0.15) is 0 Å². The molecule has 0 saturated heterocycles. The maximum absolute atomic E-state index is 8.89. The van der Waals surface area contributed by atoms with Gasteiger partial charge in [0, 0.05) is 19.1 Å². The Hall–Kier alpha value is -1.30. The van der Waals surface area contributed by atoms with Crippen LogP contribution in [-0.4, -0.2) is 49.6 Å². The van der Waals surface area contributed by atoms with Gasteiger partial charge in [-0.25, -0.2) is 0 Å². The van der Waals surface area contributed by atoms with Crippen LogP contribution < -0.4 is 15.2 Å². The smallest absolute Gasteiger partial charge is 0.231 e. The Labute approximate surface area is 107 Å². The van der Waals surface area contributed by atoms with E-state index in [1.165, 1.54) is 5.56 Å². The van der Waals surface area contributed by atoms with Crippen LogP contribution >= 0.6 is 0 Å². The van der Waals surface area contributed by atoms with Crippen molar-refractivity contribution in [1.82, 2.24) is 4.90 Å². The molecule has 0 aliphatic carbocycles. The zero-order chi connectivity index (χ0) is 13.0. The average Bonchev–Trinajstić information content (AvgIpc) is 2.83. The summed E-state index contributed by atoms with van der Waals surface area (Å²) in [5, 5.41) is 8.89. The van der Waals surface area contributed by atoms with Crippen LogP contribution in [0, 0.1) is 0 Å². The van der Waals surface area contributed by atoms with Crippen molar-refractivity contribution < 1.29 is 14.6 Å². The summed E-state index contributed by atoms with van der Waals surface area (Å²) in [4.78, 5) is 2.12. The van der Waals surface area contributed by atoms with E-state index < -0.39 is 0 Å². The fourth-order valence-electron chi connectivity index (χ4n) is 1.97. The summed E-state index contributed by atoms with van der Waals surface area (Å²) < 4.78 is 10.6. The van der Waals surface area contributed by atoms with Crippen LogP contribution in [0.15, 0.2) is 18.2 Å². The molecule has 0 radical (unpaired) electrons. The van der Waals surface area contributed by atoms with Crippen molar-refractivity contribution in [2.24, 2.45) is 5.73 Å². The van der Waals surface area contributed by atoms with Crippen molar-refractivity contribution in [3.8, 4) is 11.5 Å². The van der Waals surface area contributed by atoms with Gasteiger partial charge in [0.15, 0.2) is 11.5 Å². The molecule has 0 aromatic heterocycles. The Morgan fingerprint density at radius 3 is 2.94 bits per heavy atom. The number of hydrogen-bond acceptors (Lipinski definition) is 5. The third kappa shape index (κ3) is 3.35. The van der Waals surface area contributed by atoms with Crippen LogP contribution in [0.1, 0.15) is 5.56 Å². The second kappa shape index (κ2) is 6.04. The summed E-state index contributed by atoms with van der Waals surface area (Å²) in [5.41, 5.74) is 6.90. The minimum Gasteiger partial charge on any atom is -0.454 e. The van der Waals surface area contributed by atoms with Gasteiger partial charge in [-0.3, -0.25) is 0 Å². The van der Waals surface area contributed by atoms with Gasteiger partial charge in [-0.15, -0.1) is 0 Å². The minimum absolute atomic E-state index is 0.0222. The van der Waals surface area contributed by atoms with Crippen molar-refractivity contribution in [1.29, 1.82) is 0 Å². The molecule has 1 aromatic carbocycles. The quantitative estimate of drug-likeness (QED) is 0.757. The van der Waals surface area contributed by atoms with Crippen molar-refractivity contribution in [2.45, 2.75) is 12.5 Å². The Bertz CT molecular complexity index is 398. The Balaban J connectivity index is 1.83. The zero-order valence-electron chi connectivity index (χ0n) is 10.6. The van der Waals surface area contributed by atoms with E-state index in [0.29, 0.717) is 13.3 Å². The van der Waals surface area contributed by atoms with Crippen LogP contribution in [0.4, 0.5) is 0 Å². The van der Waals surface area contributed by atoms with Gasteiger partial charge in [-0.05, 0) is 31.2 Å². The third-order valence-electron chi connectivity index (χ3n) is 3.00. The Kier molecular flexibility index (Phi) is 4.41. The largest absolute Gasteiger partial charge is 0.454 e. The highest BCUT2D eigenvalue weighted by molar-refractivity contribution is 5.44. The molecular formula is C13H20N2O3. The summed E-state index contributed by atoms with van der Waals surface area (Å²) in [6, 6.07) is 5.83. The van der Waals surface area contributed by atoms with E-state index in [9.17, 15) is 0 Å². The van der Waals surface area contributed by atoms with E-state index in [1.54, 1.807) is 0 Å². The van der Waals surface area contributed by atoms with Crippen LogP contribution in [-0.2, 0) is 6.42 Å². The van der Waals surface area contributed by atoms with E-state index in [0.717, 1.165) is 24.5 Å². The maximum atomic E-state index is 8.89. The van der Waals surface area contributed by atoms with E-state index in [-0.39, 0.29) is 12.6 Å². The number of ether oxygens (including phenoxy) is 2. The van der Waals surface area contributed by atoms with Crippen molar-refractivity contribution in [3.05, 3.63) is 23.8 Å². The second-order valence-electron chi connectivity index (χ2n) is 4.64. The van der Waals surface area contributed by atoms with E-state index in [1.807, 2.05) is 25.2 Å². The first-order valence-corrected chi connectivity index (χ1v) is 6.12. The molecule has 0 saturated carbocycles. The fraction of sp³-hybridized carbons (Fsp3) is 0.538. The highest BCUT2D eigenvalue weighted by atomic mass is 16.7. The molecule has 1 aliphatic heterocycles. The molecule has 1 aliphatic rings. The predicted molar refractivity (Wildman–Crippen MR) is 68.8 cm³/mol. The molecule has 1 atom stereocenters. The predicted octanol–water partition coefficient (Wildman–Crippen LogP) is 0.209. The second-order valence-corrected chi connectivity index (χ2v) is 4.64. The number of rotatable bonds is 6. The first-order valence-electron chi connectivity index (χ1n) is 6.12. The Morgan fingerprint density at radius 1 is 1.39 bits per heavy atom. The van der Waals surface area contributed by atoms with Gasteiger partial charge >= 0.3 is 0 Å². The molecule has 1 unspecified atom stereocenters. The molecule has 100 valence electrons. The standard InChI is InChI=1S/C13H20N2O3/c1-15(7-11(14)8-16)5-4-10-2-3-12-13(6-10)18-9-17-12/h2-3,6,11,16H,4-5,7-9,14H2,1H3. The molecule has 3 N–H and O–H groups in total. The molecule has 0 amide bonds. The average molecular weight is 252 g/mol. The normalized spacial score (nSPS) is 15.1. The highest BCUT2D eigenvalue weighted by Gasteiger charge is 2.13. The van der Waals surface area contributed by atoms with Crippen molar-refractivity contribution in [2.75, 3.05) is 33.5 Å². The lowest BCUT2D eigenvalue weighted by atomic mass is 10.1. The molecule has 18 heavy (non-hydrogen) atoms. The van der Waals surface area contributed by atoms with E-state index >= 15 is 0 Å². The number of likely N-dealkylation sites (N-methyl/N-ethyl adjacent to an activating group) is 1. The SMILES string of the molecule is CN(CCc1ccc2c(c1)OCO2)CC(N)CO. The van der Waals surface area contributed by atoms with Crippen LogP contribution in [0.2, 0.25) is 0 Å². The maximum Gasteiger partial charge on any atom is 0.231 e. The molecule has 5 heteroatoms. The topological polar surface area (TPSA) is 68.0 Å². The number of aliphatic hydroxyl groups is 1. The van der Waals surface area contributed by atoms with Crippen molar-refractivity contribution in [3.63, 3.8) is 0 Å². The summed E-state index contributed by atoms with van der Waals surface area (Å²) in [6.45, 7) is 1.92. The van der Waals surface area contributed by atoms with Gasteiger partial charge in [0.25, 0.3) is 0 Å². The van der Waals surface area contributed by atoms with Gasteiger partial charge in [0.05, 0.1) is 6.61 Å². The summed E-state index contributed by atoms with van der Waals surface area (Å²) in [7, 11) is 2.00. The number of fused-ring (bicyclic) bond motifs is 1. The lowest BCUT2D eigenvalue weighted by Crippen LogP contribution is -2.38. The molecule has 0 bridgehead atoms. The fourth-order valence-corrected chi connectivity index (χ4v) is 1.97. The van der Waals surface area contributed by atoms with Gasteiger partial charge in [-0.1, -0.05) is 6.07 Å². The van der Waals surface area contributed by atoms with Crippen molar-refractivity contribution >= 4 is 0 Å². The number of nitrogens with zero attached hydrogens (tertiary/aromatic N) is 1. The van der Waals surface area contributed by atoms with Crippen LogP contribution in [0.25, 0.3) is 0 Å². The minimum atomic E-state index is -0.174. The van der Waals surface area contributed by atoms with Gasteiger partial charge in [0.1, 0.15) is 0 Å². The third-order valence-corrected chi connectivity index (χ3v) is 3.00. The van der Waals surface area contributed by atoms with Crippen LogP contribution in [0.5, 0.6) is 11.5 Å². The summed E-state index contributed by atoms with van der Waals surface area (Å²) in [5.74, 6) is 1.64. The molecule has 0 spiro atoms. The molecule has 2 rings (SSSR count). The molecule has 0 fully saturated rings. The number of aliphatic hydroxyl groups excluding tert-OH is 1. The summed E-state index contributed by atoms with van der Waals surface area (Å²) in [6.07, 6.45) is 0.922. The first kappa shape index (κ1) is 13.1. The lowest BCUT2D eigenvalue weighted by Gasteiger charge is -2.19. The first-order chi connectivity index (χ1) is 8.69. The molecule has 1 aromatic rings. The van der Waals surface area contributed by atoms with Gasteiger partial charge < -0.3 is 25.2 Å². The van der Waals surface area contributed by atoms with E-state index in [4.69, 9.17) is 20.3 Å². The van der Waals surface area contributed by atoms with Gasteiger partial charge in [0.2, 0.25) is 6.79 Å². The highest BCUT2D eigenvalue weighted by Crippen LogP contribution is 2.32. The monoisotopic (exact) mass is 252 g/mol. The number of hydrogen-bond donors (Lipinski definition) is 2.